The second-order valence-corrected chi connectivity index (χ2v) is 4.61. The van der Waals surface area contributed by atoms with Crippen molar-refractivity contribution in [2.75, 3.05) is 0 Å². The molecule has 12 heavy (non-hydrogen) atoms. The molecular formula is C10H16N2. The van der Waals surface area contributed by atoms with E-state index in [0.717, 1.165) is 6.42 Å². The van der Waals surface area contributed by atoms with Crippen molar-refractivity contribution in [3.05, 3.63) is 17.0 Å². The van der Waals surface area contributed by atoms with Crippen molar-refractivity contribution in [3.8, 4) is 0 Å². The summed E-state index contributed by atoms with van der Waals surface area (Å²) in [5.74, 6) is 0. The van der Waals surface area contributed by atoms with Crippen molar-refractivity contribution < 1.29 is 0 Å². The molecule has 66 valence electrons. The molecule has 2 rings (SSSR count). The molecule has 0 saturated carbocycles. The van der Waals surface area contributed by atoms with E-state index in [2.05, 4.69) is 31.0 Å². The fraction of sp³-hybridized carbons (Fsp3) is 0.700. The lowest BCUT2D eigenvalue weighted by Gasteiger charge is -2.28. The van der Waals surface area contributed by atoms with E-state index in [4.69, 9.17) is 0 Å². The Labute approximate surface area is 73.4 Å². The van der Waals surface area contributed by atoms with Crippen molar-refractivity contribution in [3.63, 3.8) is 0 Å². The molecule has 0 fully saturated rings. The number of aromatic nitrogens is 2. The van der Waals surface area contributed by atoms with Gasteiger partial charge in [-0.2, -0.15) is 5.10 Å². The van der Waals surface area contributed by atoms with Crippen LogP contribution in [-0.4, -0.2) is 10.2 Å². The highest BCUT2D eigenvalue weighted by Crippen LogP contribution is 2.34. The first kappa shape index (κ1) is 7.84. The number of rotatable bonds is 0. The highest BCUT2D eigenvalue weighted by Gasteiger charge is 2.27. The quantitative estimate of drug-likeness (QED) is 0.626. The molecule has 1 heterocycles. The molecular weight excluding hydrogens is 148 g/mol. The lowest BCUT2D eigenvalue weighted by molar-refractivity contribution is 0.313. The molecule has 1 aromatic rings. The fourth-order valence-corrected chi connectivity index (χ4v) is 1.97. The third-order valence-electron chi connectivity index (χ3n) is 2.85. The summed E-state index contributed by atoms with van der Waals surface area (Å²) in [7, 11) is 0. The summed E-state index contributed by atoms with van der Waals surface area (Å²) in [5, 5.41) is 7.36. The highest BCUT2D eigenvalue weighted by molar-refractivity contribution is 5.28. The van der Waals surface area contributed by atoms with Gasteiger partial charge in [-0.15, -0.1) is 0 Å². The van der Waals surface area contributed by atoms with Gasteiger partial charge in [-0.25, -0.2) is 0 Å². The third-order valence-corrected chi connectivity index (χ3v) is 2.85. The van der Waals surface area contributed by atoms with Crippen LogP contribution >= 0.6 is 0 Å². The Balaban J connectivity index is 2.38. The van der Waals surface area contributed by atoms with Gasteiger partial charge in [0.15, 0.2) is 0 Å². The first-order valence-corrected chi connectivity index (χ1v) is 4.61. The minimum atomic E-state index is 0.474. The van der Waals surface area contributed by atoms with Gasteiger partial charge < -0.3 is 0 Å². The Morgan fingerprint density at radius 3 is 2.92 bits per heavy atom. The molecule has 2 nitrogen and oxygen atoms in total. The minimum Gasteiger partial charge on any atom is -0.282 e. The zero-order valence-electron chi connectivity index (χ0n) is 8.07. The maximum absolute atomic E-state index is 4.30. The molecule has 2 heteroatoms. The first-order chi connectivity index (χ1) is 5.58. The summed E-state index contributed by atoms with van der Waals surface area (Å²) in [6.07, 6.45) is 3.60. The second kappa shape index (κ2) is 2.35. The Morgan fingerprint density at radius 2 is 2.17 bits per heavy atom. The Hall–Kier alpha value is -0.790. The number of aromatic amines is 1. The molecule has 0 radical (unpaired) electrons. The highest BCUT2D eigenvalue weighted by atomic mass is 15.1. The van der Waals surface area contributed by atoms with E-state index in [-0.39, 0.29) is 0 Å². The van der Waals surface area contributed by atoms with Crippen LogP contribution in [0.25, 0.3) is 0 Å². The van der Waals surface area contributed by atoms with Crippen LogP contribution in [0.5, 0.6) is 0 Å². The Kier molecular flexibility index (Phi) is 1.53. The fourth-order valence-electron chi connectivity index (χ4n) is 1.97. The van der Waals surface area contributed by atoms with Gasteiger partial charge in [0.05, 0.1) is 5.69 Å². The average Bonchev–Trinajstić information content (AvgIpc) is 2.31. The number of hydrogen-bond acceptors (Lipinski definition) is 1. The van der Waals surface area contributed by atoms with Crippen LogP contribution in [0.2, 0.25) is 0 Å². The van der Waals surface area contributed by atoms with E-state index in [1.54, 1.807) is 0 Å². The average molecular weight is 164 g/mol. The van der Waals surface area contributed by atoms with E-state index in [1.165, 1.54) is 29.8 Å². The molecule has 1 aliphatic carbocycles. The van der Waals surface area contributed by atoms with Gasteiger partial charge in [0.25, 0.3) is 0 Å². The Morgan fingerprint density at radius 1 is 1.42 bits per heavy atom. The molecule has 0 aromatic carbocycles. The topological polar surface area (TPSA) is 28.7 Å². The lowest BCUT2D eigenvalue weighted by atomic mass is 9.76. The number of H-pyrrole nitrogens is 1. The van der Waals surface area contributed by atoms with Crippen LogP contribution in [0.4, 0.5) is 0 Å². The van der Waals surface area contributed by atoms with Crippen LogP contribution in [0.3, 0.4) is 0 Å². The number of fused-ring (bicyclic) bond motifs is 1. The van der Waals surface area contributed by atoms with Gasteiger partial charge in [0.1, 0.15) is 0 Å². The number of aryl methyl sites for hydroxylation is 2. The molecule has 0 spiro atoms. The van der Waals surface area contributed by atoms with E-state index in [9.17, 15) is 0 Å². The van der Waals surface area contributed by atoms with Crippen LogP contribution in [0, 0.1) is 12.3 Å². The van der Waals surface area contributed by atoms with Crippen molar-refractivity contribution in [1.29, 1.82) is 0 Å². The molecule has 0 bridgehead atoms. The lowest BCUT2D eigenvalue weighted by Crippen LogP contribution is -2.21. The van der Waals surface area contributed by atoms with Gasteiger partial charge >= 0.3 is 0 Å². The van der Waals surface area contributed by atoms with Crippen molar-refractivity contribution in [1.82, 2.24) is 10.2 Å². The standard InChI is InChI=1S/C10H16N2/c1-7-8-6-10(2,3)5-4-9(8)12-11-7/h4-6H2,1-3H3,(H,11,12). The normalized spacial score (nSPS) is 20.6. The van der Waals surface area contributed by atoms with Crippen LogP contribution < -0.4 is 0 Å². The molecule has 0 amide bonds. The van der Waals surface area contributed by atoms with Gasteiger partial charge in [-0.3, -0.25) is 5.10 Å². The van der Waals surface area contributed by atoms with Crippen LogP contribution in [0.15, 0.2) is 0 Å². The van der Waals surface area contributed by atoms with Crippen molar-refractivity contribution in [2.24, 2.45) is 5.41 Å². The summed E-state index contributed by atoms with van der Waals surface area (Å²) in [6, 6.07) is 0. The molecule has 0 saturated heterocycles. The smallest absolute Gasteiger partial charge is 0.0657 e. The van der Waals surface area contributed by atoms with Gasteiger partial charge in [0.2, 0.25) is 0 Å². The zero-order chi connectivity index (χ0) is 8.77. The number of nitrogens with one attached hydrogen (secondary N) is 1. The number of hydrogen-bond donors (Lipinski definition) is 1. The predicted octanol–water partition coefficient (Wildman–Crippen LogP) is 2.23. The summed E-state index contributed by atoms with van der Waals surface area (Å²) in [5.41, 5.74) is 4.50. The van der Waals surface area contributed by atoms with E-state index >= 15 is 0 Å². The molecule has 1 N–H and O–H groups in total. The summed E-state index contributed by atoms with van der Waals surface area (Å²) in [4.78, 5) is 0. The largest absolute Gasteiger partial charge is 0.282 e. The van der Waals surface area contributed by atoms with Crippen molar-refractivity contribution >= 4 is 0 Å². The van der Waals surface area contributed by atoms with E-state index < -0.39 is 0 Å². The molecule has 0 atom stereocenters. The summed E-state index contributed by atoms with van der Waals surface area (Å²) in [6.45, 7) is 6.79. The van der Waals surface area contributed by atoms with E-state index in [0.29, 0.717) is 5.41 Å². The summed E-state index contributed by atoms with van der Waals surface area (Å²) < 4.78 is 0. The van der Waals surface area contributed by atoms with E-state index in [1.807, 2.05) is 0 Å². The second-order valence-electron chi connectivity index (χ2n) is 4.61. The first-order valence-electron chi connectivity index (χ1n) is 4.61. The summed E-state index contributed by atoms with van der Waals surface area (Å²) >= 11 is 0. The Bertz CT molecular complexity index is 297. The van der Waals surface area contributed by atoms with Crippen LogP contribution in [0.1, 0.15) is 37.2 Å². The molecule has 1 aliphatic rings. The molecule has 0 aliphatic heterocycles. The van der Waals surface area contributed by atoms with Gasteiger partial charge in [0, 0.05) is 5.69 Å². The van der Waals surface area contributed by atoms with Crippen molar-refractivity contribution in [2.45, 2.75) is 40.0 Å². The number of nitrogens with zero attached hydrogens (tertiary/aromatic N) is 1. The monoisotopic (exact) mass is 164 g/mol. The maximum atomic E-state index is 4.30. The minimum absolute atomic E-state index is 0.474. The maximum Gasteiger partial charge on any atom is 0.0657 e. The third kappa shape index (κ3) is 1.15. The van der Waals surface area contributed by atoms with Crippen LogP contribution in [-0.2, 0) is 12.8 Å². The van der Waals surface area contributed by atoms with Gasteiger partial charge in [-0.05, 0) is 37.2 Å². The predicted molar refractivity (Wildman–Crippen MR) is 49.1 cm³/mol. The molecule has 1 aromatic heterocycles. The molecule has 0 unspecified atom stereocenters. The zero-order valence-corrected chi connectivity index (χ0v) is 8.07. The van der Waals surface area contributed by atoms with Gasteiger partial charge in [-0.1, -0.05) is 13.8 Å². The SMILES string of the molecule is Cc1[nH]nc2c1CC(C)(C)CC2.